The van der Waals surface area contributed by atoms with Gasteiger partial charge in [0, 0.05) is 16.2 Å². The zero-order valence-corrected chi connectivity index (χ0v) is 21.9. The molecule has 0 unspecified atom stereocenters. The van der Waals surface area contributed by atoms with Gasteiger partial charge in [-0.3, -0.25) is 9.59 Å². The summed E-state index contributed by atoms with van der Waals surface area (Å²) in [5.41, 5.74) is 2.21. The number of rotatable bonds is 4. The van der Waals surface area contributed by atoms with Crippen LogP contribution in [0.25, 0.3) is 0 Å². The second kappa shape index (κ2) is 7.04. The highest BCUT2D eigenvalue weighted by Crippen LogP contribution is 2.73. The van der Waals surface area contributed by atoms with Crippen LogP contribution in [-0.4, -0.2) is 29.1 Å². The Morgan fingerprint density at radius 1 is 1.15 bits per heavy atom. The molecular formula is C29H40O4. The van der Waals surface area contributed by atoms with E-state index in [1.54, 1.807) is 6.92 Å². The molecule has 0 aromatic heterocycles. The summed E-state index contributed by atoms with van der Waals surface area (Å²) < 4.78 is 5.73. The number of hydrogen-bond donors (Lipinski definition) is 1. The first-order valence-electron chi connectivity index (χ1n) is 12.3. The Kier molecular flexibility index (Phi) is 5.16. The van der Waals surface area contributed by atoms with Gasteiger partial charge in [-0.2, -0.15) is 0 Å². The Labute approximate surface area is 198 Å². The van der Waals surface area contributed by atoms with Crippen LogP contribution >= 0.6 is 0 Å². The molecule has 9 atom stereocenters. The molecule has 0 amide bonds. The number of aliphatic hydroxyl groups excluding tert-OH is 1. The van der Waals surface area contributed by atoms with Gasteiger partial charge >= 0.3 is 5.97 Å². The zero-order valence-electron chi connectivity index (χ0n) is 21.9. The molecule has 0 aromatic carbocycles. The summed E-state index contributed by atoms with van der Waals surface area (Å²) in [4.78, 5) is 25.9. The van der Waals surface area contributed by atoms with E-state index < -0.39 is 34.4 Å². The molecule has 0 aromatic rings. The highest BCUT2D eigenvalue weighted by Gasteiger charge is 2.75. The van der Waals surface area contributed by atoms with Crippen LogP contribution in [0, 0.1) is 39.4 Å². The lowest BCUT2D eigenvalue weighted by Crippen LogP contribution is -2.67. The smallest absolute Gasteiger partial charge is 0.320 e. The largest absolute Gasteiger partial charge is 0.460 e. The molecule has 4 nitrogen and oxygen atoms in total. The van der Waals surface area contributed by atoms with Crippen molar-refractivity contribution in [2.24, 2.45) is 39.4 Å². The van der Waals surface area contributed by atoms with E-state index >= 15 is 0 Å². The molecule has 1 aliphatic heterocycles. The highest BCUT2D eigenvalue weighted by molar-refractivity contribution is 6.10. The fourth-order valence-electron chi connectivity index (χ4n) is 8.87. The van der Waals surface area contributed by atoms with E-state index in [0.717, 1.165) is 11.1 Å². The Morgan fingerprint density at radius 3 is 2.30 bits per heavy atom. The Morgan fingerprint density at radius 2 is 1.76 bits per heavy atom. The first-order valence-corrected chi connectivity index (χ1v) is 12.3. The maximum absolute atomic E-state index is 13.1. The predicted molar refractivity (Wildman–Crippen MR) is 130 cm³/mol. The van der Waals surface area contributed by atoms with Crippen molar-refractivity contribution < 1.29 is 19.4 Å². The van der Waals surface area contributed by atoms with Crippen molar-refractivity contribution in [3.63, 3.8) is 0 Å². The number of carbonyl (C=O) groups is 2. The van der Waals surface area contributed by atoms with E-state index in [1.165, 1.54) is 11.1 Å². The fraction of sp³-hybridized carbons (Fsp3) is 0.655. The lowest BCUT2D eigenvalue weighted by Gasteiger charge is -2.69. The number of hydrogen-bond acceptors (Lipinski definition) is 4. The normalized spacial score (nSPS) is 48.1. The van der Waals surface area contributed by atoms with Crippen LogP contribution in [0.15, 0.2) is 46.6 Å². The maximum Gasteiger partial charge on any atom is 0.320 e. The number of ether oxygens (including phenoxy) is 1. The number of Topliss-reactive ketones (excluding diaryl/α,β-unsaturated/α-hetero) is 1. The van der Waals surface area contributed by atoms with E-state index in [9.17, 15) is 14.7 Å². The number of ketones is 1. The number of aliphatic hydroxyl groups is 1. The summed E-state index contributed by atoms with van der Waals surface area (Å²) in [6.07, 6.45) is 7.71. The summed E-state index contributed by atoms with van der Waals surface area (Å²) in [6.45, 7) is 20.5. The minimum absolute atomic E-state index is 0.0206. The molecule has 2 bridgehead atoms. The molecule has 3 aliphatic carbocycles. The van der Waals surface area contributed by atoms with E-state index in [0.29, 0.717) is 0 Å². The average molecular weight is 453 g/mol. The van der Waals surface area contributed by atoms with Gasteiger partial charge in [0.25, 0.3) is 0 Å². The Bertz CT molecular complexity index is 1060. The van der Waals surface area contributed by atoms with Crippen LogP contribution in [-0.2, 0) is 14.3 Å². The van der Waals surface area contributed by atoms with Crippen LogP contribution in [0.4, 0.5) is 0 Å². The van der Waals surface area contributed by atoms with Gasteiger partial charge in [0.05, 0.1) is 12.0 Å². The lowest BCUT2D eigenvalue weighted by atomic mass is 9.34. The monoisotopic (exact) mass is 452 g/mol. The molecule has 33 heavy (non-hydrogen) atoms. The minimum Gasteiger partial charge on any atom is -0.460 e. The van der Waals surface area contributed by atoms with Crippen molar-refractivity contribution >= 4 is 11.8 Å². The third kappa shape index (κ3) is 2.62. The zero-order chi connectivity index (χ0) is 24.9. The van der Waals surface area contributed by atoms with Gasteiger partial charge < -0.3 is 9.84 Å². The molecular weight excluding hydrogens is 412 g/mol. The van der Waals surface area contributed by atoms with Crippen molar-refractivity contribution in [2.45, 2.75) is 81.4 Å². The van der Waals surface area contributed by atoms with Gasteiger partial charge in [0.15, 0.2) is 5.78 Å². The summed E-state index contributed by atoms with van der Waals surface area (Å²) >= 11 is 0. The number of carbonyl (C=O) groups excluding carboxylic acids is 2. The van der Waals surface area contributed by atoms with E-state index in [-0.39, 0.29) is 29.0 Å². The second-order valence-corrected chi connectivity index (χ2v) is 12.1. The Hall–Kier alpha value is -1.94. The molecule has 0 spiro atoms. The van der Waals surface area contributed by atoms with Gasteiger partial charge in [0.2, 0.25) is 0 Å². The number of fused-ring (bicyclic) bond motifs is 3. The van der Waals surface area contributed by atoms with Crippen molar-refractivity contribution in [1.29, 1.82) is 0 Å². The molecule has 180 valence electrons. The van der Waals surface area contributed by atoms with Crippen LogP contribution in [0.5, 0.6) is 0 Å². The molecule has 4 heteroatoms. The first kappa shape index (κ1) is 24.2. The number of esters is 1. The van der Waals surface area contributed by atoms with Gasteiger partial charge in [-0.25, -0.2) is 0 Å². The van der Waals surface area contributed by atoms with Gasteiger partial charge in [-0.05, 0) is 59.0 Å². The van der Waals surface area contributed by atoms with Crippen LogP contribution < -0.4 is 0 Å². The van der Waals surface area contributed by atoms with Crippen LogP contribution in [0.1, 0.15) is 69.2 Å². The Balaban J connectivity index is 1.87. The topological polar surface area (TPSA) is 63.6 Å². The molecule has 2 saturated carbocycles. The van der Waals surface area contributed by atoms with Gasteiger partial charge in [-0.1, -0.05) is 68.7 Å². The molecule has 4 aliphatic rings. The van der Waals surface area contributed by atoms with Gasteiger partial charge in [0.1, 0.15) is 11.5 Å². The van der Waals surface area contributed by atoms with Crippen LogP contribution in [0.3, 0.4) is 0 Å². The van der Waals surface area contributed by atoms with E-state index in [4.69, 9.17) is 4.74 Å². The van der Waals surface area contributed by atoms with Crippen LogP contribution in [0.2, 0.25) is 0 Å². The van der Waals surface area contributed by atoms with Crippen molar-refractivity contribution in [2.75, 3.05) is 0 Å². The van der Waals surface area contributed by atoms with E-state index in [1.807, 2.05) is 33.8 Å². The first-order chi connectivity index (χ1) is 15.1. The average Bonchev–Trinajstić information content (AvgIpc) is 2.97. The third-order valence-corrected chi connectivity index (χ3v) is 10.1. The molecule has 4 rings (SSSR count). The fourth-order valence-corrected chi connectivity index (χ4v) is 8.87. The second-order valence-electron chi connectivity index (χ2n) is 12.1. The molecule has 1 saturated heterocycles. The quantitative estimate of drug-likeness (QED) is 0.343. The van der Waals surface area contributed by atoms with E-state index in [2.05, 4.69) is 52.8 Å². The highest BCUT2D eigenvalue weighted by atomic mass is 16.6. The maximum atomic E-state index is 13.1. The summed E-state index contributed by atoms with van der Waals surface area (Å²) in [5.74, 6) is -0.475. The predicted octanol–water partition coefficient (Wildman–Crippen LogP) is 5.58. The SMILES string of the molecule is C/C=C(\C)[C@H](O)[C@@]1(C)[C@@H]2C(C)=CC(C)=C[C@]2(C)[C@@H]1/C(C)=C/[C@]1(C)[C@H]2OC(=O)[C@]1(C)C(=O)[C@@H]2C. The third-order valence-electron chi connectivity index (χ3n) is 10.1. The summed E-state index contributed by atoms with van der Waals surface area (Å²) in [5, 5.41) is 11.6. The summed E-state index contributed by atoms with van der Waals surface area (Å²) in [6, 6.07) is 0. The molecule has 0 radical (unpaired) electrons. The molecule has 1 heterocycles. The number of allylic oxidation sites excluding steroid dienone is 6. The van der Waals surface area contributed by atoms with Crippen molar-refractivity contribution in [1.82, 2.24) is 0 Å². The molecule has 1 N–H and O–H groups in total. The van der Waals surface area contributed by atoms with Gasteiger partial charge in [-0.15, -0.1) is 0 Å². The van der Waals surface area contributed by atoms with Crippen molar-refractivity contribution in [3.8, 4) is 0 Å². The summed E-state index contributed by atoms with van der Waals surface area (Å²) in [7, 11) is 0. The standard InChI is InChI=1S/C29H40O4/c1-11-16(3)22(30)28(9)20-17(4)12-15(2)13-26(20,7)21(28)18(5)14-27(8)24-19(6)23(31)29(27,10)25(32)33-24/h11-14,19-22,24,30H,1-10H3/b16-11+,18-14+/t19-,20+,21-,22-,24-,26-,27+,28-,29-/m0/s1. The van der Waals surface area contributed by atoms with Crippen molar-refractivity contribution in [3.05, 3.63) is 46.6 Å². The minimum atomic E-state index is -1.16. The molecule has 3 fully saturated rings. The lowest BCUT2D eigenvalue weighted by molar-refractivity contribution is -0.169.